The molecular formula is C17H18N4O4. The van der Waals surface area contributed by atoms with E-state index in [-0.39, 0.29) is 11.6 Å². The molecule has 1 aliphatic rings. The lowest BCUT2D eigenvalue weighted by Gasteiger charge is -2.27. The number of rotatable bonds is 4. The van der Waals surface area contributed by atoms with Crippen LogP contribution in [-0.4, -0.2) is 55.3 Å². The topological polar surface area (TPSA) is 93.7 Å². The van der Waals surface area contributed by atoms with E-state index in [2.05, 4.69) is 20.0 Å². The van der Waals surface area contributed by atoms with Crippen molar-refractivity contribution in [3.05, 3.63) is 47.9 Å². The van der Waals surface area contributed by atoms with E-state index in [4.69, 9.17) is 4.74 Å². The Balaban J connectivity index is 1.74. The van der Waals surface area contributed by atoms with Crippen LogP contribution in [0.3, 0.4) is 0 Å². The van der Waals surface area contributed by atoms with Crippen molar-refractivity contribution in [1.29, 1.82) is 0 Å². The second-order valence-corrected chi connectivity index (χ2v) is 5.39. The molecule has 0 unspecified atom stereocenters. The third kappa shape index (κ3) is 4.10. The Bertz CT molecular complexity index is 775. The predicted octanol–water partition coefficient (Wildman–Crippen LogP) is 1.35. The van der Waals surface area contributed by atoms with Gasteiger partial charge in [-0.3, -0.25) is 4.79 Å². The number of amides is 1. The SMILES string of the molecule is COC(=O)c1cccc(NC(=O)c2cc(N3CCOCC3)ncn2)c1. The van der Waals surface area contributed by atoms with E-state index in [0.717, 1.165) is 13.1 Å². The van der Waals surface area contributed by atoms with Gasteiger partial charge in [0.15, 0.2) is 0 Å². The van der Waals surface area contributed by atoms with Gasteiger partial charge in [0, 0.05) is 24.8 Å². The zero-order valence-electron chi connectivity index (χ0n) is 13.8. The van der Waals surface area contributed by atoms with Crippen LogP contribution in [0.1, 0.15) is 20.8 Å². The fraction of sp³-hybridized carbons (Fsp3) is 0.294. The minimum absolute atomic E-state index is 0.250. The van der Waals surface area contributed by atoms with Gasteiger partial charge in [-0.1, -0.05) is 6.07 Å². The van der Waals surface area contributed by atoms with Crippen molar-refractivity contribution >= 4 is 23.4 Å². The van der Waals surface area contributed by atoms with Crippen LogP contribution < -0.4 is 10.2 Å². The number of esters is 1. The van der Waals surface area contributed by atoms with E-state index in [0.29, 0.717) is 30.3 Å². The Morgan fingerprint density at radius 2 is 2.00 bits per heavy atom. The summed E-state index contributed by atoms with van der Waals surface area (Å²) in [5.41, 5.74) is 1.09. The lowest BCUT2D eigenvalue weighted by molar-refractivity contribution is 0.0600. The molecule has 130 valence electrons. The number of carbonyl (C=O) groups is 2. The van der Waals surface area contributed by atoms with E-state index in [1.807, 2.05) is 4.90 Å². The van der Waals surface area contributed by atoms with Gasteiger partial charge in [0.05, 0.1) is 25.9 Å². The summed E-state index contributed by atoms with van der Waals surface area (Å²) in [6.07, 6.45) is 1.37. The van der Waals surface area contributed by atoms with Crippen molar-refractivity contribution < 1.29 is 19.1 Å². The molecule has 1 amide bonds. The molecule has 2 aromatic rings. The first-order chi connectivity index (χ1) is 12.2. The summed E-state index contributed by atoms with van der Waals surface area (Å²) in [6, 6.07) is 8.16. The van der Waals surface area contributed by atoms with Gasteiger partial charge in [-0.15, -0.1) is 0 Å². The highest BCUT2D eigenvalue weighted by Crippen LogP contribution is 2.15. The third-order valence-electron chi connectivity index (χ3n) is 3.76. The Kier molecular flexibility index (Phi) is 5.20. The average Bonchev–Trinajstić information content (AvgIpc) is 2.68. The maximum atomic E-state index is 12.4. The van der Waals surface area contributed by atoms with Gasteiger partial charge in [0.1, 0.15) is 17.8 Å². The number of benzene rings is 1. The molecule has 0 spiro atoms. The Labute approximate surface area is 144 Å². The highest BCUT2D eigenvalue weighted by molar-refractivity contribution is 6.03. The highest BCUT2D eigenvalue weighted by atomic mass is 16.5. The summed E-state index contributed by atoms with van der Waals surface area (Å²) in [7, 11) is 1.31. The Morgan fingerprint density at radius 3 is 2.76 bits per heavy atom. The van der Waals surface area contributed by atoms with E-state index < -0.39 is 5.97 Å². The molecule has 1 aliphatic heterocycles. The van der Waals surface area contributed by atoms with Crippen molar-refractivity contribution in [2.45, 2.75) is 0 Å². The lowest BCUT2D eigenvalue weighted by atomic mass is 10.2. The van der Waals surface area contributed by atoms with Crippen molar-refractivity contribution in [2.24, 2.45) is 0 Å². The number of hydrogen-bond donors (Lipinski definition) is 1. The minimum Gasteiger partial charge on any atom is -0.465 e. The number of nitrogens with one attached hydrogen (secondary N) is 1. The Morgan fingerprint density at radius 1 is 1.20 bits per heavy atom. The summed E-state index contributed by atoms with van der Waals surface area (Å²) in [5.74, 6) is -0.154. The van der Waals surface area contributed by atoms with Crippen molar-refractivity contribution in [3.8, 4) is 0 Å². The number of aromatic nitrogens is 2. The summed E-state index contributed by atoms with van der Waals surface area (Å²) >= 11 is 0. The molecule has 0 saturated carbocycles. The second kappa shape index (κ2) is 7.71. The van der Waals surface area contributed by atoms with Crippen LogP contribution >= 0.6 is 0 Å². The third-order valence-corrected chi connectivity index (χ3v) is 3.76. The normalized spacial score (nSPS) is 14.0. The van der Waals surface area contributed by atoms with Crippen LogP contribution in [0.2, 0.25) is 0 Å². The first-order valence-electron chi connectivity index (χ1n) is 7.82. The quantitative estimate of drug-likeness (QED) is 0.838. The van der Waals surface area contributed by atoms with Gasteiger partial charge in [0.25, 0.3) is 5.91 Å². The predicted molar refractivity (Wildman–Crippen MR) is 90.8 cm³/mol. The van der Waals surface area contributed by atoms with Crippen LogP contribution in [0.4, 0.5) is 11.5 Å². The molecule has 0 radical (unpaired) electrons. The van der Waals surface area contributed by atoms with Crippen LogP contribution in [0.25, 0.3) is 0 Å². The smallest absolute Gasteiger partial charge is 0.337 e. The number of carbonyl (C=O) groups excluding carboxylic acids is 2. The molecular weight excluding hydrogens is 324 g/mol. The Hall–Kier alpha value is -3.00. The van der Waals surface area contributed by atoms with Crippen LogP contribution in [0.15, 0.2) is 36.7 Å². The standard InChI is InChI=1S/C17H18N4O4/c1-24-17(23)12-3-2-4-13(9-12)20-16(22)14-10-15(19-11-18-14)21-5-7-25-8-6-21/h2-4,9-11H,5-8H2,1H3,(H,20,22). The number of ether oxygens (including phenoxy) is 2. The van der Waals surface area contributed by atoms with E-state index in [1.54, 1.807) is 30.3 Å². The number of morpholine rings is 1. The molecule has 0 atom stereocenters. The summed E-state index contributed by atoms with van der Waals surface area (Å²) in [5, 5.41) is 2.73. The number of methoxy groups -OCH3 is 1. The lowest BCUT2D eigenvalue weighted by Crippen LogP contribution is -2.37. The van der Waals surface area contributed by atoms with Gasteiger partial charge >= 0.3 is 5.97 Å². The van der Waals surface area contributed by atoms with Crippen LogP contribution in [-0.2, 0) is 9.47 Å². The zero-order chi connectivity index (χ0) is 17.6. The van der Waals surface area contributed by atoms with Gasteiger partial charge in [-0.25, -0.2) is 14.8 Å². The number of nitrogens with zero attached hydrogens (tertiary/aromatic N) is 3. The minimum atomic E-state index is -0.465. The van der Waals surface area contributed by atoms with E-state index >= 15 is 0 Å². The van der Waals surface area contributed by atoms with E-state index in [1.165, 1.54) is 13.4 Å². The molecule has 0 bridgehead atoms. The van der Waals surface area contributed by atoms with E-state index in [9.17, 15) is 9.59 Å². The molecule has 1 aromatic heterocycles. The van der Waals surface area contributed by atoms with Gasteiger partial charge in [0.2, 0.25) is 0 Å². The molecule has 1 fully saturated rings. The van der Waals surface area contributed by atoms with Gasteiger partial charge in [-0.05, 0) is 18.2 Å². The van der Waals surface area contributed by atoms with Gasteiger partial charge in [-0.2, -0.15) is 0 Å². The molecule has 8 heteroatoms. The molecule has 1 N–H and O–H groups in total. The fourth-order valence-electron chi connectivity index (χ4n) is 2.47. The largest absolute Gasteiger partial charge is 0.465 e. The molecule has 25 heavy (non-hydrogen) atoms. The zero-order valence-corrected chi connectivity index (χ0v) is 13.8. The second-order valence-electron chi connectivity index (χ2n) is 5.39. The highest BCUT2D eigenvalue weighted by Gasteiger charge is 2.16. The molecule has 1 aromatic carbocycles. The maximum Gasteiger partial charge on any atom is 0.337 e. The monoisotopic (exact) mass is 342 g/mol. The fourth-order valence-corrected chi connectivity index (χ4v) is 2.47. The first-order valence-corrected chi connectivity index (χ1v) is 7.82. The van der Waals surface area contributed by atoms with Crippen LogP contribution in [0, 0.1) is 0 Å². The summed E-state index contributed by atoms with van der Waals surface area (Å²) in [4.78, 5) is 34.3. The summed E-state index contributed by atoms with van der Waals surface area (Å²) < 4.78 is 9.99. The molecule has 3 rings (SSSR count). The molecule has 0 aliphatic carbocycles. The average molecular weight is 342 g/mol. The maximum absolute atomic E-state index is 12.4. The van der Waals surface area contributed by atoms with Crippen LogP contribution in [0.5, 0.6) is 0 Å². The molecule has 2 heterocycles. The molecule has 8 nitrogen and oxygen atoms in total. The van der Waals surface area contributed by atoms with Crippen molar-refractivity contribution in [1.82, 2.24) is 9.97 Å². The van der Waals surface area contributed by atoms with Crippen molar-refractivity contribution in [3.63, 3.8) is 0 Å². The number of hydrogen-bond acceptors (Lipinski definition) is 7. The van der Waals surface area contributed by atoms with Gasteiger partial charge < -0.3 is 19.7 Å². The number of anilines is 2. The summed E-state index contributed by atoms with van der Waals surface area (Å²) in [6.45, 7) is 2.70. The van der Waals surface area contributed by atoms with Crippen molar-refractivity contribution in [2.75, 3.05) is 43.6 Å². The molecule has 1 saturated heterocycles. The first kappa shape index (κ1) is 16.8.